The molecule has 0 saturated carbocycles. The first-order valence-corrected chi connectivity index (χ1v) is 6.08. The number of rotatable bonds is 3. The fourth-order valence-electron chi connectivity index (χ4n) is 1.47. The number of benzene rings is 2. The zero-order valence-electron chi connectivity index (χ0n) is 10.3. The second-order valence-electron chi connectivity index (χ2n) is 3.76. The fraction of sp³-hybridized carbons (Fsp3) is 0.0714. The van der Waals surface area contributed by atoms with Crippen molar-refractivity contribution in [1.29, 1.82) is 0 Å². The molecule has 0 bridgehead atoms. The highest BCUT2D eigenvalue weighted by Gasteiger charge is 2.06. The first kappa shape index (κ1) is 13.2. The number of hydrogen-bond donors (Lipinski definition) is 2. The molecule has 0 heterocycles. The van der Waals surface area contributed by atoms with Crippen LogP contribution in [0.1, 0.15) is 0 Å². The molecule has 0 atom stereocenters. The summed E-state index contributed by atoms with van der Waals surface area (Å²) in [6, 6.07) is 14.1. The number of nitrogens with one attached hydrogen (secondary N) is 2. The number of carbonyl (C=O) groups excluding carboxylic acids is 1. The monoisotopic (exact) mass is 276 g/mol. The summed E-state index contributed by atoms with van der Waals surface area (Å²) in [5, 5.41) is 5.52. The van der Waals surface area contributed by atoms with Gasteiger partial charge in [0.2, 0.25) is 0 Å². The Morgan fingerprint density at radius 3 is 2.53 bits per heavy atom. The van der Waals surface area contributed by atoms with Crippen molar-refractivity contribution in [3.63, 3.8) is 0 Å². The van der Waals surface area contributed by atoms with Crippen molar-refractivity contribution in [2.75, 3.05) is 12.4 Å². The molecule has 0 saturated heterocycles. The van der Waals surface area contributed by atoms with Gasteiger partial charge in [0.25, 0.3) is 0 Å². The summed E-state index contributed by atoms with van der Waals surface area (Å²) in [4.78, 5) is 11.2. The highest BCUT2D eigenvalue weighted by atomic mass is 35.5. The number of para-hydroxylation sites is 1. The quantitative estimate of drug-likeness (QED) is 0.894. The van der Waals surface area contributed by atoms with E-state index in [0.717, 1.165) is 0 Å². The molecule has 2 amide bonds. The van der Waals surface area contributed by atoms with Crippen LogP contribution in [0.5, 0.6) is 11.5 Å². The van der Waals surface area contributed by atoms with E-state index in [2.05, 4.69) is 10.6 Å². The molecule has 0 aliphatic heterocycles. The average molecular weight is 277 g/mol. The van der Waals surface area contributed by atoms with Crippen LogP contribution in [-0.2, 0) is 0 Å². The van der Waals surface area contributed by atoms with E-state index < -0.39 is 0 Å². The molecule has 4 nitrogen and oxygen atoms in total. The SMILES string of the molecule is CNC(=O)Nc1ccc(Oc2ccccc2)c(Cl)c1. The third-order valence-corrected chi connectivity index (χ3v) is 2.68. The van der Waals surface area contributed by atoms with E-state index in [4.69, 9.17) is 16.3 Å². The zero-order valence-corrected chi connectivity index (χ0v) is 11.1. The number of urea groups is 1. The van der Waals surface area contributed by atoms with Gasteiger partial charge in [-0.25, -0.2) is 4.79 Å². The molecule has 2 aromatic carbocycles. The van der Waals surface area contributed by atoms with E-state index in [1.165, 1.54) is 0 Å². The van der Waals surface area contributed by atoms with Crippen LogP contribution in [0.2, 0.25) is 5.02 Å². The first-order chi connectivity index (χ1) is 9.19. The lowest BCUT2D eigenvalue weighted by Gasteiger charge is -2.09. The van der Waals surface area contributed by atoms with E-state index in [1.807, 2.05) is 30.3 Å². The molecule has 2 N–H and O–H groups in total. The van der Waals surface area contributed by atoms with Crippen molar-refractivity contribution >= 4 is 23.3 Å². The lowest BCUT2D eigenvalue weighted by molar-refractivity contribution is 0.254. The third kappa shape index (κ3) is 3.63. The van der Waals surface area contributed by atoms with Gasteiger partial charge in [-0.1, -0.05) is 29.8 Å². The average Bonchev–Trinajstić information content (AvgIpc) is 2.43. The molecule has 5 heteroatoms. The lowest BCUT2D eigenvalue weighted by atomic mass is 10.3. The Morgan fingerprint density at radius 1 is 1.16 bits per heavy atom. The summed E-state index contributed by atoms with van der Waals surface area (Å²) >= 11 is 6.11. The van der Waals surface area contributed by atoms with Crippen molar-refractivity contribution in [1.82, 2.24) is 5.32 Å². The van der Waals surface area contributed by atoms with Crippen LogP contribution >= 0.6 is 11.6 Å². The number of halogens is 1. The molecule has 19 heavy (non-hydrogen) atoms. The van der Waals surface area contributed by atoms with Crippen LogP contribution in [-0.4, -0.2) is 13.1 Å². The van der Waals surface area contributed by atoms with Crippen molar-refractivity contribution in [2.45, 2.75) is 0 Å². The molecule has 2 aromatic rings. The van der Waals surface area contributed by atoms with Gasteiger partial charge < -0.3 is 15.4 Å². The topological polar surface area (TPSA) is 50.4 Å². The summed E-state index contributed by atoms with van der Waals surface area (Å²) in [7, 11) is 1.55. The number of carbonyl (C=O) groups is 1. The molecule has 0 aliphatic carbocycles. The predicted molar refractivity (Wildman–Crippen MR) is 76.0 cm³/mol. The summed E-state index contributed by atoms with van der Waals surface area (Å²) in [6.45, 7) is 0. The molecule has 98 valence electrons. The van der Waals surface area contributed by atoms with Gasteiger partial charge in [-0.15, -0.1) is 0 Å². The van der Waals surface area contributed by atoms with Crippen molar-refractivity contribution in [3.8, 4) is 11.5 Å². The van der Waals surface area contributed by atoms with Gasteiger partial charge >= 0.3 is 6.03 Å². The molecule has 0 aromatic heterocycles. The maximum absolute atomic E-state index is 11.2. The standard InChI is InChI=1S/C14H13ClN2O2/c1-16-14(18)17-10-7-8-13(12(15)9-10)19-11-5-3-2-4-6-11/h2-9H,1H3,(H2,16,17,18). The summed E-state index contributed by atoms with van der Waals surface area (Å²) in [5.41, 5.74) is 0.602. The Hall–Kier alpha value is -2.20. The van der Waals surface area contributed by atoms with Gasteiger partial charge in [-0.2, -0.15) is 0 Å². The molecule has 0 radical (unpaired) electrons. The van der Waals surface area contributed by atoms with Gasteiger partial charge in [-0.3, -0.25) is 0 Å². The normalized spacial score (nSPS) is 9.79. The number of hydrogen-bond acceptors (Lipinski definition) is 2. The molecular formula is C14H13ClN2O2. The molecule has 2 rings (SSSR count). The summed E-state index contributed by atoms with van der Waals surface area (Å²) in [6.07, 6.45) is 0. The Balaban J connectivity index is 2.13. The maximum Gasteiger partial charge on any atom is 0.318 e. The second-order valence-corrected chi connectivity index (χ2v) is 4.17. The lowest BCUT2D eigenvalue weighted by Crippen LogP contribution is -2.24. The number of anilines is 1. The van der Waals surface area contributed by atoms with E-state index in [0.29, 0.717) is 22.2 Å². The highest BCUT2D eigenvalue weighted by Crippen LogP contribution is 2.31. The van der Waals surface area contributed by atoms with Crippen LogP contribution in [0.3, 0.4) is 0 Å². The maximum atomic E-state index is 11.2. The smallest absolute Gasteiger partial charge is 0.318 e. The molecule has 0 unspecified atom stereocenters. The molecule has 0 spiro atoms. The fourth-order valence-corrected chi connectivity index (χ4v) is 1.69. The molecular weight excluding hydrogens is 264 g/mol. The van der Waals surface area contributed by atoms with E-state index in [9.17, 15) is 4.79 Å². The Labute approximate surface area is 116 Å². The van der Waals surface area contributed by atoms with E-state index in [1.54, 1.807) is 25.2 Å². The van der Waals surface area contributed by atoms with Crippen molar-refractivity contribution in [3.05, 3.63) is 53.6 Å². The minimum absolute atomic E-state index is 0.298. The van der Waals surface area contributed by atoms with E-state index >= 15 is 0 Å². The zero-order chi connectivity index (χ0) is 13.7. The van der Waals surface area contributed by atoms with E-state index in [-0.39, 0.29) is 6.03 Å². The Kier molecular flexibility index (Phi) is 4.26. The minimum Gasteiger partial charge on any atom is -0.456 e. The molecule has 0 aliphatic rings. The van der Waals surface area contributed by atoms with Crippen molar-refractivity contribution in [2.24, 2.45) is 0 Å². The predicted octanol–water partition coefficient (Wildman–Crippen LogP) is 3.88. The van der Waals surface area contributed by atoms with Crippen LogP contribution in [0.4, 0.5) is 10.5 Å². The Morgan fingerprint density at radius 2 is 1.89 bits per heavy atom. The largest absolute Gasteiger partial charge is 0.456 e. The van der Waals surface area contributed by atoms with Gasteiger partial charge in [0.05, 0.1) is 5.02 Å². The van der Waals surface area contributed by atoms with Crippen LogP contribution in [0.15, 0.2) is 48.5 Å². The van der Waals surface area contributed by atoms with Crippen LogP contribution < -0.4 is 15.4 Å². The van der Waals surface area contributed by atoms with Crippen molar-refractivity contribution < 1.29 is 9.53 Å². The van der Waals surface area contributed by atoms with Crippen LogP contribution in [0.25, 0.3) is 0 Å². The van der Waals surface area contributed by atoms with Crippen LogP contribution in [0, 0.1) is 0 Å². The third-order valence-electron chi connectivity index (χ3n) is 2.39. The van der Waals surface area contributed by atoms with Gasteiger partial charge in [0.15, 0.2) is 0 Å². The van der Waals surface area contributed by atoms with Gasteiger partial charge in [0, 0.05) is 12.7 Å². The second kappa shape index (κ2) is 6.11. The minimum atomic E-state index is -0.298. The first-order valence-electron chi connectivity index (χ1n) is 5.70. The number of ether oxygens (including phenoxy) is 1. The summed E-state index contributed by atoms with van der Waals surface area (Å²) in [5.74, 6) is 1.24. The highest BCUT2D eigenvalue weighted by molar-refractivity contribution is 6.32. The summed E-state index contributed by atoms with van der Waals surface area (Å²) < 4.78 is 5.64. The molecule has 0 fully saturated rings. The van der Waals surface area contributed by atoms with Gasteiger partial charge in [-0.05, 0) is 30.3 Å². The Bertz CT molecular complexity index is 573. The number of amides is 2. The van der Waals surface area contributed by atoms with Gasteiger partial charge in [0.1, 0.15) is 11.5 Å².